The van der Waals surface area contributed by atoms with Gasteiger partial charge in [0.25, 0.3) is 0 Å². The number of para-hydroxylation sites is 2. The number of carboxylic acid groups (broad SMARTS) is 1. The van der Waals surface area contributed by atoms with Crippen LogP contribution in [0.5, 0.6) is 0 Å². The van der Waals surface area contributed by atoms with Gasteiger partial charge in [-0.1, -0.05) is 12.1 Å². The highest BCUT2D eigenvalue weighted by molar-refractivity contribution is 6.05. The average Bonchev–Trinajstić information content (AvgIpc) is 2.45. The number of aromatic carboxylic acids is 1. The quantitative estimate of drug-likeness (QED) is 0.733. The van der Waals surface area contributed by atoms with Gasteiger partial charge in [0.1, 0.15) is 6.54 Å². The monoisotopic (exact) mass is 283 g/mol. The summed E-state index contributed by atoms with van der Waals surface area (Å²) in [5.41, 5.74) is 8.11. The summed E-state index contributed by atoms with van der Waals surface area (Å²) in [5, 5.41) is 12.1. The van der Waals surface area contributed by atoms with E-state index in [0.717, 1.165) is 5.69 Å². The molecule has 2 aromatic rings. The van der Waals surface area contributed by atoms with E-state index in [1.54, 1.807) is 23.1 Å². The highest BCUT2D eigenvalue weighted by atomic mass is 16.4. The minimum atomic E-state index is -1.06. The van der Waals surface area contributed by atoms with Crippen molar-refractivity contribution in [2.45, 2.75) is 0 Å². The second-order valence-electron chi connectivity index (χ2n) is 4.73. The van der Waals surface area contributed by atoms with Gasteiger partial charge >= 0.3 is 5.97 Å². The molecule has 0 aliphatic carbocycles. The Balaban J connectivity index is 2.19. The Bertz CT molecular complexity index is 743. The molecule has 0 atom stereocenters. The lowest BCUT2D eigenvalue weighted by molar-refractivity contribution is -0.115. The first-order chi connectivity index (χ1) is 10.1. The zero-order chi connectivity index (χ0) is 15.0. The minimum absolute atomic E-state index is 0.0424. The standard InChI is InChI=1S/C15H13N3O3/c16-9-5-6-10(15(20)21)13(7-9)18-8-14(19)17-11-3-1-2-4-12(11)18/h1-7H,8,16H2,(H,17,19)(H,20,21). The molecule has 21 heavy (non-hydrogen) atoms. The lowest BCUT2D eigenvalue weighted by Gasteiger charge is -2.31. The minimum Gasteiger partial charge on any atom is -0.478 e. The number of hydrogen-bond acceptors (Lipinski definition) is 4. The molecule has 1 aliphatic heterocycles. The number of carbonyl (C=O) groups excluding carboxylic acids is 1. The number of fused-ring (bicyclic) bond motifs is 1. The van der Waals surface area contributed by atoms with E-state index in [-0.39, 0.29) is 18.0 Å². The first kappa shape index (κ1) is 13.0. The second kappa shape index (κ2) is 4.82. The maximum atomic E-state index is 11.8. The summed E-state index contributed by atoms with van der Waals surface area (Å²) in [6.07, 6.45) is 0. The molecule has 6 heteroatoms. The molecule has 0 spiro atoms. The number of rotatable bonds is 2. The molecule has 0 aromatic heterocycles. The van der Waals surface area contributed by atoms with Gasteiger partial charge in [-0.2, -0.15) is 0 Å². The zero-order valence-corrected chi connectivity index (χ0v) is 11.0. The van der Waals surface area contributed by atoms with Crippen LogP contribution in [0.4, 0.5) is 22.7 Å². The van der Waals surface area contributed by atoms with Crippen molar-refractivity contribution in [3.63, 3.8) is 0 Å². The van der Waals surface area contributed by atoms with E-state index in [0.29, 0.717) is 17.1 Å². The predicted octanol–water partition coefficient (Wildman–Crippen LogP) is 2.06. The fourth-order valence-electron chi connectivity index (χ4n) is 2.40. The molecule has 106 valence electrons. The van der Waals surface area contributed by atoms with Gasteiger partial charge in [0.2, 0.25) is 5.91 Å². The van der Waals surface area contributed by atoms with Crippen molar-refractivity contribution in [3.05, 3.63) is 48.0 Å². The number of carboxylic acids is 1. The molecular formula is C15H13N3O3. The Hall–Kier alpha value is -3.02. The van der Waals surface area contributed by atoms with Gasteiger partial charge in [-0.25, -0.2) is 4.79 Å². The number of carbonyl (C=O) groups is 2. The maximum absolute atomic E-state index is 11.8. The van der Waals surface area contributed by atoms with Crippen LogP contribution in [0.25, 0.3) is 0 Å². The molecule has 0 fully saturated rings. The van der Waals surface area contributed by atoms with Gasteiger partial charge in [-0.05, 0) is 30.3 Å². The van der Waals surface area contributed by atoms with Crippen LogP contribution in [0.3, 0.4) is 0 Å². The van der Waals surface area contributed by atoms with Crippen LogP contribution in [-0.2, 0) is 4.79 Å². The summed E-state index contributed by atoms with van der Waals surface area (Å²) in [6.45, 7) is 0.0424. The molecule has 4 N–H and O–H groups in total. The van der Waals surface area contributed by atoms with Crippen LogP contribution in [0.1, 0.15) is 10.4 Å². The van der Waals surface area contributed by atoms with E-state index in [9.17, 15) is 14.7 Å². The smallest absolute Gasteiger partial charge is 0.337 e. The van der Waals surface area contributed by atoms with Gasteiger partial charge in [0.15, 0.2) is 0 Å². The first-order valence-electron chi connectivity index (χ1n) is 6.35. The van der Waals surface area contributed by atoms with Crippen LogP contribution in [0, 0.1) is 0 Å². The molecule has 0 saturated heterocycles. The summed E-state index contributed by atoms with van der Waals surface area (Å²) >= 11 is 0. The van der Waals surface area contributed by atoms with Gasteiger partial charge in [-0.3, -0.25) is 4.79 Å². The first-order valence-corrected chi connectivity index (χ1v) is 6.35. The Morgan fingerprint density at radius 1 is 1.19 bits per heavy atom. The van der Waals surface area contributed by atoms with Crippen LogP contribution in [0.15, 0.2) is 42.5 Å². The van der Waals surface area contributed by atoms with E-state index >= 15 is 0 Å². The number of nitrogens with zero attached hydrogens (tertiary/aromatic N) is 1. The number of anilines is 4. The summed E-state index contributed by atoms with van der Waals surface area (Å²) < 4.78 is 0. The topological polar surface area (TPSA) is 95.7 Å². The SMILES string of the molecule is Nc1ccc(C(=O)O)c(N2CC(=O)Nc3ccccc32)c1. The molecule has 2 aromatic carbocycles. The fraction of sp³-hybridized carbons (Fsp3) is 0.0667. The number of benzene rings is 2. The maximum Gasteiger partial charge on any atom is 0.337 e. The molecule has 1 amide bonds. The number of nitrogens with two attached hydrogens (primary N) is 1. The van der Waals surface area contributed by atoms with E-state index in [4.69, 9.17) is 5.73 Å². The third-order valence-electron chi connectivity index (χ3n) is 3.31. The molecule has 1 heterocycles. The third-order valence-corrected chi connectivity index (χ3v) is 3.31. The van der Waals surface area contributed by atoms with Crippen LogP contribution in [-0.4, -0.2) is 23.5 Å². The highest BCUT2D eigenvalue weighted by Crippen LogP contribution is 2.37. The van der Waals surface area contributed by atoms with Crippen LogP contribution >= 0.6 is 0 Å². The molecule has 0 radical (unpaired) electrons. The number of nitrogens with one attached hydrogen (secondary N) is 1. The van der Waals surface area contributed by atoms with Crippen molar-refractivity contribution in [3.8, 4) is 0 Å². The summed E-state index contributed by atoms with van der Waals surface area (Å²) in [7, 11) is 0. The summed E-state index contributed by atoms with van der Waals surface area (Å²) in [5.74, 6) is -1.26. The average molecular weight is 283 g/mol. The van der Waals surface area contributed by atoms with E-state index in [1.807, 2.05) is 12.1 Å². The molecule has 0 bridgehead atoms. The lowest BCUT2D eigenvalue weighted by Crippen LogP contribution is -2.35. The van der Waals surface area contributed by atoms with Crippen molar-refractivity contribution in [1.29, 1.82) is 0 Å². The van der Waals surface area contributed by atoms with E-state index in [1.165, 1.54) is 12.1 Å². The lowest BCUT2D eigenvalue weighted by atomic mass is 10.1. The number of hydrogen-bond donors (Lipinski definition) is 3. The number of amides is 1. The third kappa shape index (κ3) is 2.27. The van der Waals surface area contributed by atoms with E-state index in [2.05, 4.69) is 5.32 Å². The molecule has 0 unspecified atom stereocenters. The predicted molar refractivity (Wildman–Crippen MR) is 79.9 cm³/mol. The van der Waals surface area contributed by atoms with Gasteiger partial charge in [0, 0.05) is 5.69 Å². The molecule has 3 rings (SSSR count). The van der Waals surface area contributed by atoms with Crippen molar-refractivity contribution in [1.82, 2.24) is 0 Å². The largest absolute Gasteiger partial charge is 0.478 e. The van der Waals surface area contributed by atoms with Crippen molar-refractivity contribution < 1.29 is 14.7 Å². The van der Waals surface area contributed by atoms with Gasteiger partial charge in [-0.15, -0.1) is 0 Å². The van der Waals surface area contributed by atoms with Crippen molar-refractivity contribution in [2.75, 3.05) is 22.5 Å². The van der Waals surface area contributed by atoms with Crippen LogP contribution < -0.4 is 16.0 Å². The van der Waals surface area contributed by atoms with Crippen LogP contribution in [0.2, 0.25) is 0 Å². The number of nitrogen functional groups attached to an aromatic ring is 1. The molecule has 6 nitrogen and oxygen atoms in total. The highest BCUT2D eigenvalue weighted by Gasteiger charge is 2.26. The van der Waals surface area contributed by atoms with Crippen molar-refractivity contribution >= 4 is 34.6 Å². The fourth-order valence-corrected chi connectivity index (χ4v) is 2.40. The normalized spacial score (nSPS) is 13.5. The second-order valence-corrected chi connectivity index (χ2v) is 4.73. The summed E-state index contributed by atoms with van der Waals surface area (Å²) in [6, 6.07) is 11.8. The molecule has 1 aliphatic rings. The Morgan fingerprint density at radius 3 is 2.71 bits per heavy atom. The van der Waals surface area contributed by atoms with Gasteiger partial charge in [0.05, 0.1) is 22.6 Å². The zero-order valence-electron chi connectivity index (χ0n) is 11.0. The van der Waals surface area contributed by atoms with E-state index < -0.39 is 5.97 Å². The Morgan fingerprint density at radius 2 is 1.95 bits per heavy atom. The Kier molecular flexibility index (Phi) is 2.98. The Labute approximate surface area is 120 Å². The molecular weight excluding hydrogens is 270 g/mol. The van der Waals surface area contributed by atoms with Gasteiger partial charge < -0.3 is 21.1 Å². The summed E-state index contributed by atoms with van der Waals surface area (Å²) in [4.78, 5) is 24.9. The van der Waals surface area contributed by atoms with Crippen molar-refractivity contribution in [2.24, 2.45) is 0 Å². The molecule has 0 saturated carbocycles.